The van der Waals surface area contributed by atoms with Gasteiger partial charge in [0.15, 0.2) is 16.6 Å². The standard InChI is InChI=1S/C21H31N3O3S/c1-5-27-19-13-16(9-11-18(19)26-4)10-12-20(25)23-24-21(28)22-17-8-6-7-14(2)15(17)3/h9-15,17H,5-8H2,1-4H3,(H,23,25)(H2,22,24,28)/b12-10+/t14-,15-,17+/m0/s1. The number of hydrogen-bond acceptors (Lipinski definition) is 4. The molecule has 3 N–H and O–H groups in total. The van der Waals surface area contributed by atoms with Crippen LogP contribution in [0.5, 0.6) is 11.5 Å². The maximum absolute atomic E-state index is 12.1. The van der Waals surface area contributed by atoms with Crippen LogP contribution in [0.25, 0.3) is 6.08 Å². The summed E-state index contributed by atoms with van der Waals surface area (Å²) in [5.41, 5.74) is 6.21. The average Bonchev–Trinajstić information content (AvgIpc) is 2.68. The van der Waals surface area contributed by atoms with Gasteiger partial charge in [-0.3, -0.25) is 15.6 Å². The molecule has 1 aliphatic rings. The summed E-state index contributed by atoms with van der Waals surface area (Å²) in [6.07, 6.45) is 6.71. The third kappa shape index (κ3) is 6.41. The van der Waals surface area contributed by atoms with Crippen molar-refractivity contribution in [2.45, 2.75) is 46.1 Å². The van der Waals surface area contributed by atoms with Crippen molar-refractivity contribution in [2.24, 2.45) is 11.8 Å². The van der Waals surface area contributed by atoms with Crippen LogP contribution in [-0.2, 0) is 4.79 Å². The summed E-state index contributed by atoms with van der Waals surface area (Å²) >= 11 is 5.30. The van der Waals surface area contributed by atoms with Crippen molar-refractivity contribution in [3.63, 3.8) is 0 Å². The van der Waals surface area contributed by atoms with Crippen LogP contribution in [0.2, 0.25) is 0 Å². The number of ether oxygens (including phenoxy) is 2. The number of hydrogen-bond donors (Lipinski definition) is 3. The molecule has 6 nitrogen and oxygen atoms in total. The van der Waals surface area contributed by atoms with Gasteiger partial charge in [-0.05, 0) is 61.2 Å². The molecular weight excluding hydrogens is 374 g/mol. The second kappa shape index (κ2) is 10.9. The predicted octanol–water partition coefficient (Wildman–Crippen LogP) is 3.43. The van der Waals surface area contributed by atoms with Crippen LogP contribution in [0.1, 0.15) is 45.6 Å². The molecule has 0 radical (unpaired) electrons. The van der Waals surface area contributed by atoms with Crippen LogP contribution in [0, 0.1) is 11.8 Å². The molecule has 7 heteroatoms. The topological polar surface area (TPSA) is 71.6 Å². The van der Waals surface area contributed by atoms with Crippen LogP contribution in [-0.4, -0.2) is 30.8 Å². The van der Waals surface area contributed by atoms with Crippen molar-refractivity contribution in [2.75, 3.05) is 13.7 Å². The minimum Gasteiger partial charge on any atom is -0.493 e. The molecule has 2 rings (SSSR count). The Morgan fingerprint density at radius 2 is 2.04 bits per heavy atom. The Hall–Kier alpha value is -2.28. The maximum atomic E-state index is 12.1. The number of thiocarbonyl (C=S) groups is 1. The summed E-state index contributed by atoms with van der Waals surface area (Å²) in [5, 5.41) is 3.75. The van der Waals surface area contributed by atoms with Crippen molar-refractivity contribution in [1.82, 2.24) is 16.2 Å². The lowest BCUT2D eigenvalue weighted by Crippen LogP contribution is -2.52. The van der Waals surface area contributed by atoms with E-state index in [4.69, 9.17) is 21.7 Å². The molecule has 1 aromatic rings. The zero-order chi connectivity index (χ0) is 20.5. The highest BCUT2D eigenvalue weighted by molar-refractivity contribution is 7.80. The monoisotopic (exact) mass is 405 g/mol. The highest BCUT2D eigenvalue weighted by Crippen LogP contribution is 2.29. The third-order valence-electron chi connectivity index (χ3n) is 5.24. The molecule has 3 atom stereocenters. The Morgan fingerprint density at radius 1 is 1.25 bits per heavy atom. The fraction of sp³-hybridized carbons (Fsp3) is 0.524. The number of rotatable bonds is 6. The summed E-state index contributed by atoms with van der Waals surface area (Å²) < 4.78 is 10.8. The lowest BCUT2D eigenvalue weighted by Gasteiger charge is -2.35. The van der Waals surface area contributed by atoms with Crippen LogP contribution >= 0.6 is 12.2 Å². The summed E-state index contributed by atoms with van der Waals surface area (Å²) in [7, 11) is 1.60. The zero-order valence-electron chi connectivity index (χ0n) is 17.1. The summed E-state index contributed by atoms with van der Waals surface area (Å²) in [5.74, 6) is 2.25. The van der Waals surface area contributed by atoms with E-state index in [9.17, 15) is 4.79 Å². The van der Waals surface area contributed by atoms with Gasteiger partial charge < -0.3 is 14.8 Å². The molecule has 0 unspecified atom stereocenters. The van der Waals surface area contributed by atoms with E-state index in [0.29, 0.717) is 41.1 Å². The van der Waals surface area contributed by atoms with Crippen molar-refractivity contribution >= 4 is 29.3 Å². The van der Waals surface area contributed by atoms with Crippen LogP contribution in [0.15, 0.2) is 24.3 Å². The SMILES string of the molecule is CCOc1cc(/C=C/C(=O)NNC(=S)N[C@@H]2CCC[C@H](C)[C@@H]2C)ccc1OC. The molecule has 0 spiro atoms. The summed E-state index contributed by atoms with van der Waals surface area (Å²) in [6.45, 7) is 6.97. The quantitative estimate of drug-likeness (QED) is 0.383. The molecule has 1 saturated carbocycles. The molecular formula is C21H31N3O3S. The number of nitrogens with one attached hydrogen (secondary N) is 3. The van der Waals surface area contributed by atoms with Crippen molar-refractivity contribution in [3.05, 3.63) is 29.8 Å². The van der Waals surface area contributed by atoms with Gasteiger partial charge in [0.2, 0.25) is 0 Å². The van der Waals surface area contributed by atoms with Gasteiger partial charge in [-0.1, -0.05) is 32.8 Å². The average molecular weight is 406 g/mol. The first-order valence-corrected chi connectivity index (χ1v) is 10.2. The van der Waals surface area contributed by atoms with E-state index < -0.39 is 0 Å². The number of benzene rings is 1. The first kappa shape index (κ1) is 22.0. The second-order valence-corrected chi connectivity index (χ2v) is 7.55. The van der Waals surface area contributed by atoms with Crippen molar-refractivity contribution < 1.29 is 14.3 Å². The van der Waals surface area contributed by atoms with Gasteiger partial charge in [-0.2, -0.15) is 0 Å². The highest BCUT2D eigenvalue weighted by Gasteiger charge is 2.27. The van der Waals surface area contributed by atoms with Gasteiger partial charge in [0.05, 0.1) is 13.7 Å². The Morgan fingerprint density at radius 3 is 2.75 bits per heavy atom. The Kier molecular flexibility index (Phi) is 8.57. The zero-order valence-corrected chi connectivity index (χ0v) is 17.9. The molecule has 28 heavy (non-hydrogen) atoms. The second-order valence-electron chi connectivity index (χ2n) is 7.14. The van der Waals surface area contributed by atoms with E-state index in [1.165, 1.54) is 18.9 Å². The Bertz CT molecular complexity index is 708. The van der Waals surface area contributed by atoms with Crippen LogP contribution in [0.3, 0.4) is 0 Å². The number of methoxy groups -OCH3 is 1. The molecule has 0 saturated heterocycles. The van der Waals surface area contributed by atoms with Gasteiger partial charge in [0, 0.05) is 12.1 Å². The van der Waals surface area contributed by atoms with Gasteiger partial charge >= 0.3 is 0 Å². The minimum atomic E-state index is -0.289. The number of carbonyl (C=O) groups excluding carboxylic acids is 1. The molecule has 1 amide bonds. The van der Waals surface area contributed by atoms with Gasteiger partial charge in [-0.15, -0.1) is 0 Å². The smallest absolute Gasteiger partial charge is 0.262 e. The molecule has 0 aromatic heterocycles. The van der Waals surface area contributed by atoms with Crippen LogP contribution in [0.4, 0.5) is 0 Å². The van der Waals surface area contributed by atoms with Gasteiger partial charge in [0.25, 0.3) is 5.91 Å². The lowest BCUT2D eigenvalue weighted by atomic mass is 9.78. The van der Waals surface area contributed by atoms with Crippen molar-refractivity contribution in [1.29, 1.82) is 0 Å². The first-order chi connectivity index (χ1) is 13.4. The molecule has 154 valence electrons. The molecule has 1 fully saturated rings. The van der Waals surface area contributed by atoms with Gasteiger partial charge in [-0.25, -0.2) is 0 Å². The lowest BCUT2D eigenvalue weighted by molar-refractivity contribution is -0.116. The minimum absolute atomic E-state index is 0.289. The van der Waals surface area contributed by atoms with E-state index in [1.807, 2.05) is 25.1 Å². The molecule has 1 aromatic carbocycles. The number of hydrazine groups is 1. The van der Waals surface area contributed by atoms with E-state index >= 15 is 0 Å². The van der Waals surface area contributed by atoms with E-state index in [2.05, 4.69) is 30.0 Å². The first-order valence-electron chi connectivity index (χ1n) is 9.80. The molecule has 0 bridgehead atoms. The molecule has 1 aliphatic carbocycles. The fourth-order valence-corrected chi connectivity index (χ4v) is 3.59. The van der Waals surface area contributed by atoms with Crippen molar-refractivity contribution in [3.8, 4) is 11.5 Å². The van der Waals surface area contributed by atoms with E-state index in [0.717, 1.165) is 12.0 Å². The number of amides is 1. The molecule has 0 heterocycles. The normalized spacial score (nSPS) is 21.8. The Balaban J connectivity index is 1.83. The highest BCUT2D eigenvalue weighted by atomic mass is 32.1. The van der Waals surface area contributed by atoms with E-state index in [-0.39, 0.29) is 5.91 Å². The Labute approximate surface area is 173 Å². The summed E-state index contributed by atoms with van der Waals surface area (Å²) in [6, 6.07) is 5.84. The molecule has 0 aliphatic heterocycles. The van der Waals surface area contributed by atoms with Gasteiger partial charge in [0.1, 0.15) is 0 Å². The predicted molar refractivity (Wildman–Crippen MR) is 116 cm³/mol. The van der Waals surface area contributed by atoms with E-state index in [1.54, 1.807) is 13.2 Å². The fourth-order valence-electron chi connectivity index (χ4n) is 3.39. The third-order valence-corrected chi connectivity index (χ3v) is 5.46. The maximum Gasteiger partial charge on any atom is 0.262 e. The van der Waals surface area contributed by atoms with Crippen LogP contribution < -0.4 is 25.6 Å². The number of carbonyl (C=O) groups is 1. The summed E-state index contributed by atoms with van der Waals surface area (Å²) in [4.78, 5) is 12.1. The largest absolute Gasteiger partial charge is 0.493 e.